The molecular weight excluding hydrogens is 262 g/mol. The molecule has 0 bridgehead atoms. The Hall–Kier alpha value is -1.66. The molecule has 1 aliphatic rings. The highest BCUT2D eigenvalue weighted by Gasteiger charge is 2.27. The van der Waals surface area contributed by atoms with Crippen molar-refractivity contribution >= 4 is 17.6 Å². The van der Waals surface area contributed by atoms with E-state index in [-0.39, 0.29) is 13.2 Å². The second-order valence-corrected chi connectivity index (χ2v) is 4.16. The quantitative estimate of drug-likeness (QED) is 0.851. The fraction of sp³-hybridized carbons (Fsp3) is 0.364. The number of rotatable bonds is 4. The molecule has 0 saturated heterocycles. The molecule has 0 fully saturated rings. The van der Waals surface area contributed by atoms with E-state index in [1.807, 2.05) is 0 Å². The minimum atomic E-state index is -1.11. The van der Waals surface area contributed by atoms with Gasteiger partial charge in [-0.1, -0.05) is 11.6 Å². The first-order chi connectivity index (χ1) is 8.54. The maximum atomic E-state index is 10.8. The fourth-order valence-electron chi connectivity index (χ4n) is 1.77. The maximum Gasteiger partial charge on any atom is 0.320 e. The molecule has 1 heterocycles. The van der Waals surface area contributed by atoms with Gasteiger partial charge in [-0.3, -0.25) is 4.79 Å². The standard InChI is InChI=1S/C11H12ClNO5/c1-16-9-5(2-7(13)11(14)15)10-8(3-6(9)12)17-4-18-10/h3,7H,2,4,13H2,1H3,(H,14,15). The zero-order valence-corrected chi connectivity index (χ0v) is 10.4. The predicted molar refractivity (Wildman–Crippen MR) is 63.4 cm³/mol. The van der Waals surface area contributed by atoms with E-state index in [4.69, 9.17) is 36.7 Å². The molecule has 1 aromatic carbocycles. The van der Waals surface area contributed by atoms with Crippen molar-refractivity contribution in [2.45, 2.75) is 12.5 Å². The number of ether oxygens (including phenoxy) is 3. The summed E-state index contributed by atoms with van der Waals surface area (Å²) in [6, 6.07) is 0.504. The summed E-state index contributed by atoms with van der Waals surface area (Å²) >= 11 is 6.03. The van der Waals surface area contributed by atoms with Crippen LogP contribution in [0.2, 0.25) is 5.02 Å². The third-order valence-electron chi connectivity index (χ3n) is 2.61. The molecule has 0 saturated carbocycles. The molecule has 1 atom stereocenters. The van der Waals surface area contributed by atoms with Crippen molar-refractivity contribution in [2.24, 2.45) is 5.73 Å². The third kappa shape index (κ3) is 2.16. The molecule has 18 heavy (non-hydrogen) atoms. The van der Waals surface area contributed by atoms with E-state index in [2.05, 4.69) is 0 Å². The molecule has 0 radical (unpaired) electrons. The van der Waals surface area contributed by atoms with Crippen molar-refractivity contribution in [1.82, 2.24) is 0 Å². The minimum absolute atomic E-state index is 0.0464. The number of carboxylic acids is 1. The summed E-state index contributed by atoms with van der Waals surface area (Å²) in [7, 11) is 1.44. The molecule has 0 spiro atoms. The van der Waals surface area contributed by atoms with Crippen LogP contribution in [0.5, 0.6) is 17.2 Å². The average Bonchev–Trinajstić information content (AvgIpc) is 2.76. The zero-order valence-electron chi connectivity index (χ0n) is 9.60. The summed E-state index contributed by atoms with van der Waals surface area (Å²) in [5.41, 5.74) is 6.03. The van der Waals surface area contributed by atoms with Crippen LogP contribution in [-0.2, 0) is 11.2 Å². The molecule has 1 unspecified atom stereocenters. The Morgan fingerprint density at radius 1 is 1.67 bits per heavy atom. The smallest absolute Gasteiger partial charge is 0.320 e. The molecular formula is C11H12ClNO5. The highest BCUT2D eigenvalue weighted by atomic mass is 35.5. The number of halogens is 1. The lowest BCUT2D eigenvalue weighted by molar-refractivity contribution is -0.138. The Kier molecular flexibility index (Phi) is 3.49. The topological polar surface area (TPSA) is 91.0 Å². The first-order valence-electron chi connectivity index (χ1n) is 5.18. The van der Waals surface area contributed by atoms with E-state index in [9.17, 15) is 4.79 Å². The average molecular weight is 274 g/mol. The van der Waals surface area contributed by atoms with Crippen molar-refractivity contribution in [3.8, 4) is 17.2 Å². The SMILES string of the molecule is COc1c(Cl)cc2c(c1CC(N)C(=O)O)OCO2. The number of hydrogen-bond acceptors (Lipinski definition) is 5. The minimum Gasteiger partial charge on any atom is -0.495 e. The van der Waals surface area contributed by atoms with Crippen LogP contribution >= 0.6 is 11.6 Å². The van der Waals surface area contributed by atoms with Crippen LogP contribution in [0.15, 0.2) is 6.07 Å². The van der Waals surface area contributed by atoms with Gasteiger partial charge in [-0.25, -0.2) is 0 Å². The molecule has 1 aliphatic heterocycles. The van der Waals surface area contributed by atoms with Crippen molar-refractivity contribution in [1.29, 1.82) is 0 Å². The van der Waals surface area contributed by atoms with Crippen LogP contribution in [-0.4, -0.2) is 31.0 Å². The first-order valence-corrected chi connectivity index (χ1v) is 5.55. The van der Waals surface area contributed by atoms with Gasteiger partial charge in [-0.05, 0) is 0 Å². The molecule has 3 N–H and O–H groups in total. The Bertz CT molecular complexity index is 487. The summed E-state index contributed by atoms with van der Waals surface area (Å²) in [5.74, 6) is 0.156. The van der Waals surface area contributed by atoms with Gasteiger partial charge in [0.25, 0.3) is 0 Å². The van der Waals surface area contributed by atoms with Crippen molar-refractivity contribution in [3.05, 3.63) is 16.7 Å². The normalized spacial score (nSPS) is 14.4. The van der Waals surface area contributed by atoms with E-state index in [1.54, 1.807) is 6.07 Å². The van der Waals surface area contributed by atoms with Gasteiger partial charge in [0.2, 0.25) is 6.79 Å². The maximum absolute atomic E-state index is 10.8. The monoisotopic (exact) mass is 273 g/mol. The number of methoxy groups -OCH3 is 1. The highest BCUT2D eigenvalue weighted by molar-refractivity contribution is 6.32. The Morgan fingerprint density at radius 3 is 3.00 bits per heavy atom. The molecule has 0 aromatic heterocycles. The van der Waals surface area contributed by atoms with E-state index >= 15 is 0 Å². The van der Waals surface area contributed by atoms with Crippen LogP contribution in [0, 0.1) is 0 Å². The summed E-state index contributed by atoms with van der Waals surface area (Å²) in [5, 5.41) is 9.18. The van der Waals surface area contributed by atoms with E-state index in [0.717, 1.165) is 0 Å². The molecule has 6 nitrogen and oxygen atoms in total. The number of benzene rings is 1. The number of carboxylic acid groups (broad SMARTS) is 1. The van der Waals surface area contributed by atoms with Gasteiger partial charge in [-0.2, -0.15) is 0 Å². The summed E-state index contributed by atoms with van der Waals surface area (Å²) in [6.07, 6.45) is 0.0464. The van der Waals surface area contributed by atoms with Crippen LogP contribution < -0.4 is 19.9 Å². The summed E-state index contributed by atoms with van der Waals surface area (Å²) in [6.45, 7) is 0.0636. The lowest BCUT2D eigenvalue weighted by Crippen LogP contribution is -2.32. The van der Waals surface area contributed by atoms with Gasteiger partial charge in [-0.15, -0.1) is 0 Å². The van der Waals surface area contributed by atoms with Crippen molar-refractivity contribution in [2.75, 3.05) is 13.9 Å². The Morgan fingerprint density at radius 2 is 2.39 bits per heavy atom. The van der Waals surface area contributed by atoms with E-state index in [0.29, 0.717) is 27.8 Å². The molecule has 0 aliphatic carbocycles. The van der Waals surface area contributed by atoms with Gasteiger partial charge in [0.05, 0.1) is 12.1 Å². The van der Waals surface area contributed by atoms with Crippen molar-refractivity contribution < 1.29 is 24.1 Å². The van der Waals surface area contributed by atoms with Gasteiger partial charge in [0.1, 0.15) is 11.8 Å². The zero-order chi connectivity index (χ0) is 13.3. The second-order valence-electron chi connectivity index (χ2n) is 3.75. The molecule has 1 aromatic rings. The predicted octanol–water partition coefficient (Wildman–Crippen LogP) is 1.03. The number of fused-ring (bicyclic) bond motifs is 1. The largest absolute Gasteiger partial charge is 0.495 e. The Balaban J connectivity index is 2.46. The van der Waals surface area contributed by atoms with Crippen LogP contribution in [0.4, 0.5) is 0 Å². The molecule has 0 amide bonds. The number of hydrogen-bond donors (Lipinski definition) is 2. The molecule has 7 heteroatoms. The van der Waals surface area contributed by atoms with Crippen LogP contribution in [0.3, 0.4) is 0 Å². The van der Waals surface area contributed by atoms with Gasteiger partial charge in [0, 0.05) is 18.1 Å². The fourth-order valence-corrected chi connectivity index (χ4v) is 2.06. The number of carbonyl (C=O) groups is 1. The number of aliphatic carboxylic acids is 1. The summed E-state index contributed by atoms with van der Waals surface area (Å²) in [4.78, 5) is 10.8. The Labute approximate surface area is 108 Å². The van der Waals surface area contributed by atoms with Gasteiger partial charge in [0.15, 0.2) is 11.5 Å². The molecule has 2 rings (SSSR count). The van der Waals surface area contributed by atoms with Gasteiger partial charge >= 0.3 is 5.97 Å². The first kappa shape index (κ1) is 12.8. The summed E-state index contributed by atoms with van der Waals surface area (Å²) < 4.78 is 15.7. The van der Waals surface area contributed by atoms with Crippen LogP contribution in [0.1, 0.15) is 5.56 Å². The van der Waals surface area contributed by atoms with E-state index < -0.39 is 12.0 Å². The van der Waals surface area contributed by atoms with Gasteiger partial charge < -0.3 is 25.1 Å². The highest BCUT2D eigenvalue weighted by Crippen LogP contribution is 2.45. The van der Waals surface area contributed by atoms with Crippen LogP contribution in [0.25, 0.3) is 0 Å². The lowest BCUT2D eigenvalue weighted by Gasteiger charge is -2.14. The van der Waals surface area contributed by atoms with Crippen molar-refractivity contribution in [3.63, 3.8) is 0 Å². The lowest BCUT2D eigenvalue weighted by atomic mass is 10.0. The second kappa shape index (κ2) is 4.91. The number of nitrogens with two attached hydrogens (primary N) is 1. The molecule has 98 valence electrons. The third-order valence-corrected chi connectivity index (χ3v) is 2.89. The van der Waals surface area contributed by atoms with E-state index in [1.165, 1.54) is 7.11 Å².